The lowest BCUT2D eigenvalue weighted by atomic mass is 10.1. The smallest absolute Gasteiger partial charge is 0.170 e. The topological polar surface area (TPSA) is 113 Å². The van der Waals surface area contributed by atoms with Gasteiger partial charge in [-0.3, -0.25) is 5.31 Å². The minimum absolute atomic E-state index is 0.169. The lowest BCUT2D eigenvalue weighted by Crippen LogP contribution is -2.52. The summed E-state index contributed by atoms with van der Waals surface area (Å²) >= 11 is 0. The van der Waals surface area contributed by atoms with Crippen LogP contribution in [-0.4, -0.2) is 56.3 Å². The molecule has 1 aliphatic heterocycles. The highest BCUT2D eigenvalue weighted by Gasteiger charge is 2.50. The summed E-state index contributed by atoms with van der Waals surface area (Å²) in [5.74, 6) is 0. The van der Waals surface area contributed by atoms with E-state index in [2.05, 4.69) is 0 Å². The van der Waals surface area contributed by atoms with Gasteiger partial charge in [-0.15, -0.1) is 0 Å². The van der Waals surface area contributed by atoms with Crippen LogP contribution in [-0.2, 0) is 0 Å². The van der Waals surface area contributed by atoms with Crippen LogP contribution in [0.15, 0.2) is 0 Å². The molecule has 6 nitrogen and oxygen atoms in total. The summed E-state index contributed by atoms with van der Waals surface area (Å²) in [6, 6.07) is 0. The van der Waals surface area contributed by atoms with Crippen molar-refractivity contribution in [2.45, 2.75) is 24.2 Å². The predicted molar refractivity (Wildman–Crippen MR) is 33.2 cm³/mol. The van der Waals surface area contributed by atoms with Crippen LogP contribution in [0.4, 0.5) is 0 Å². The normalized spacial score (nSPS) is 54.6. The van der Waals surface area contributed by atoms with E-state index in [1.54, 1.807) is 0 Å². The standard InChI is InChI=1S/C5H11NO5/c7-1-5(11)3(9)2(8)4(10)6-5/h2-4,6-11H,1H2/t2-,3+,4?,5-/m1/s1/i/hD. The highest BCUT2D eigenvalue weighted by molar-refractivity contribution is 4.98. The Kier molecular flexibility index (Phi) is 1.80. The molecule has 1 heterocycles. The van der Waals surface area contributed by atoms with E-state index >= 15 is 0 Å². The molecule has 66 valence electrons. The van der Waals surface area contributed by atoms with E-state index in [0.717, 1.165) is 0 Å². The molecule has 1 fully saturated rings. The molecule has 0 amide bonds. The molecule has 4 atom stereocenters. The van der Waals surface area contributed by atoms with Gasteiger partial charge in [0.2, 0.25) is 0 Å². The van der Waals surface area contributed by atoms with Crippen LogP contribution in [0.2, 0.25) is 1.41 Å². The fourth-order valence-electron chi connectivity index (χ4n) is 0.953. The van der Waals surface area contributed by atoms with Gasteiger partial charge >= 0.3 is 0 Å². The molecule has 0 aromatic heterocycles. The second-order valence-corrected chi connectivity index (χ2v) is 2.51. The Morgan fingerprint density at radius 3 is 2.18 bits per heavy atom. The maximum atomic E-state index is 9.30. The quantitative estimate of drug-likeness (QED) is 0.239. The zero-order valence-corrected chi connectivity index (χ0v) is 5.62. The van der Waals surface area contributed by atoms with E-state index < -0.39 is 30.8 Å². The zero-order chi connectivity index (χ0) is 9.52. The number of nitrogens with one attached hydrogen (secondary N) is 1. The van der Waals surface area contributed by atoms with Crippen LogP contribution >= 0.6 is 0 Å². The van der Waals surface area contributed by atoms with Crippen molar-refractivity contribution in [3.63, 3.8) is 0 Å². The van der Waals surface area contributed by atoms with Crippen molar-refractivity contribution >= 4 is 0 Å². The molecule has 1 saturated heterocycles. The molecule has 1 aliphatic rings. The number of aliphatic hydroxyl groups excluding tert-OH is 4. The average Bonchev–Trinajstić information content (AvgIpc) is 2.22. The Hall–Kier alpha value is -0.240. The summed E-state index contributed by atoms with van der Waals surface area (Å²) in [5, 5.41) is 45.1. The van der Waals surface area contributed by atoms with Gasteiger partial charge in [0.1, 0.15) is 19.8 Å². The van der Waals surface area contributed by atoms with Gasteiger partial charge in [-0.2, -0.15) is 0 Å². The Morgan fingerprint density at radius 2 is 2.00 bits per heavy atom. The zero-order valence-electron chi connectivity index (χ0n) is 6.62. The van der Waals surface area contributed by atoms with Crippen LogP contribution < -0.4 is 5.31 Å². The third kappa shape index (κ3) is 1.24. The molecule has 0 radical (unpaired) electrons. The van der Waals surface area contributed by atoms with Gasteiger partial charge in [-0.1, -0.05) is 0 Å². The van der Waals surface area contributed by atoms with Crippen LogP contribution in [0.3, 0.4) is 0 Å². The van der Waals surface area contributed by atoms with Crippen molar-refractivity contribution in [3.05, 3.63) is 0 Å². The molecule has 1 rings (SSSR count). The molecule has 0 spiro atoms. The summed E-state index contributed by atoms with van der Waals surface area (Å²) in [6.45, 7) is -0.939. The molecule has 6 N–H and O–H groups in total. The predicted octanol–water partition coefficient (Wildman–Crippen LogP) is -3.69. The van der Waals surface area contributed by atoms with Gasteiger partial charge < -0.3 is 25.5 Å². The molecular formula is C5H11NO5. The minimum Gasteiger partial charge on any atom is -0.392 e. The van der Waals surface area contributed by atoms with Crippen molar-refractivity contribution in [2.75, 3.05) is 6.61 Å². The lowest BCUT2D eigenvalue weighted by Gasteiger charge is -2.23. The van der Waals surface area contributed by atoms with Gasteiger partial charge in [0.25, 0.3) is 0 Å². The molecule has 1 unspecified atom stereocenters. The second-order valence-electron chi connectivity index (χ2n) is 2.51. The van der Waals surface area contributed by atoms with Crippen molar-refractivity contribution in [1.29, 1.82) is 0 Å². The Balaban J connectivity index is 2.90. The molecule has 11 heavy (non-hydrogen) atoms. The highest BCUT2D eigenvalue weighted by atomic mass is 16.4. The summed E-state index contributed by atoms with van der Waals surface area (Å²) in [5.41, 5.74) is -2.29. The second kappa shape index (κ2) is 2.67. The fraction of sp³-hybridized carbons (Fsp3) is 1.00. The molecule has 0 aromatic rings. The number of aliphatic hydroxyl groups is 5. The van der Waals surface area contributed by atoms with Crippen LogP contribution in [0.5, 0.6) is 0 Å². The summed E-state index contributed by atoms with van der Waals surface area (Å²) in [4.78, 5) is 0. The number of rotatable bonds is 1. The first-order valence-electron chi connectivity index (χ1n) is 3.55. The van der Waals surface area contributed by atoms with Crippen LogP contribution in [0, 0.1) is 0 Å². The lowest BCUT2D eigenvalue weighted by molar-refractivity contribution is -0.121. The Bertz CT molecular complexity index is 165. The number of hydrogen-bond donors (Lipinski definition) is 6. The minimum atomic E-state index is -2.29. The first-order chi connectivity index (χ1) is 5.45. The molecular weight excluding hydrogens is 154 g/mol. The molecule has 0 bridgehead atoms. The monoisotopic (exact) mass is 166 g/mol. The third-order valence-electron chi connectivity index (χ3n) is 1.69. The average molecular weight is 166 g/mol. The van der Waals surface area contributed by atoms with Gasteiger partial charge in [0, 0.05) is 0 Å². The first kappa shape index (κ1) is 7.41. The van der Waals surface area contributed by atoms with Crippen molar-refractivity contribution in [1.82, 2.24) is 5.31 Å². The first-order valence-corrected chi connectivity index (χ1v) is 3.11. The molecule has 0 saturated carbocycles. The number of hydrogen-bond acceptors (Lipinski definition) is 6. The maximum Gasteiger partial charge on any atom is 0.170 e. The van der Waals surface area contributed by atoms with Crippen molar-refractivity contribution in [3.8, 4) is 0 Å². The van der Waals surface area contributed by atoms with Crippen molar-refractivity contribution in [2.24, 2.45) is 0 Å². The Morgan fingerprint density at radius 1 is 1.45 bits per heavy atom. The fourth-order valence-corrected chi connectivity index (χ4v) is 0.953. The SMILES string of the molecule is [2H]N1C(O)[C@H](O)[C@H](O)[C@]1(O)CO. The third-order valence-corrected chi connectivity index (χ3v) is 1.69. The van der Waals surface area contributed by atoms with Crippen molar-refractivity contribution < 1.29 is 26.9 Å². The van der Waals surface area contributed by atoms with E-state index in [-0.39, 0.29) is 5.31 Å². The highest BCUT2D eigenvalue weighted by Crippen LogP contribution is 2.20. The van der Waals surface area contributed by atoms with E-state index in [1.165, 1.54) is 0 Å². The van der Waals surface area contributed by atoms with E-state index in [4.69, 9.17) is 21.8 Å². The summed E-state index contributed by atoms with van der Waals surface area (Å²) in [7, 11) is 0. The molecule has 0 aromatic carbocycles. The van der Waals surface area contributed by atoms with Crippen LogP contribution in [0.25, 0.3) is 0 Å². The molecule has 0 aliphatic carbocycles. The van der Waals surface area contributed by atoms with Gasteiger partial charge in [0.05, 0.1) is 6.61 Å². The Labute approximate surface area is 64.2 Å². The van der Waals surface area contributed by atoms with Gasteiger partial charge in [-0.25, -0.2) is 0 Å². The maximum absolute atomic E-state index is 9.30. The van der Waals surface area contributed by atoms with Gasteiger partial charge in [-0.05, 0) is 0 Å². The van der Waals surface area contributed by atoms with E-state index in [0.29, 0.717) is 0 Å². The van der Waals surface area contributed by atoms with Gasteiger partial charge in [0.15, 0.2) is 5.72 Å². The summed E-state index contributed by atoms with van der Waals surface area (Å²) in [6.07, 6.45) is -5.10. The molecule has 6 heteroatoms. The van der Waals surface area contributed by atoms with Crippen LogP contribution in [0.1, 0.15) is 0 Å². The van der Waals surface area contributed by atoms with E-state index in [9.17, 15) is 5.11 Å². The summed E-state index contributed by atoms with van der Waals surface area (Å²) < 4.78 is 7.01. The van der Waals surface area contributed by atoms with E-state index in [1.807, 2.05) is 0 Å². The largest absolute Gasteiger partial charge is 0.392 e.